The van der Waals surface area contributed by atoms with Gasteiger partial charge in [0.15, 0.2) is 0 Å². The zero-order chi connectivity index (χ0) is 10.2. The highest BCUT2D eigenvalue weighted by atomic mass is 32.1. The number of rotatable bonds is 1. The number of hydrogen-bond donors (Lipinski definition) is 0. The molecule has 0 spiro atoms. The largest absolute Gasteiger partial charge is 0.454 e. The van der Waals surface area contributed by atoms with Gasteiger partial charge in [-0.15, -0.1) is 11.3 Å². The Morgan fingerprint density at radius 3 is 2.23 bits per heavy atom. The quantitative estimate of drug-likeness (QED) is 0.648. The molecular weight excluding hydrogens is 201 g/mol. The first-order chi connectivity index (χ1) is 5.82. The molecule has 0 aliphatic carbocycles. The van der Waals surface area contributed by atoms with Crippen LogP contribution in [0.15, 0.2) is 6.07 Å². The lowest BCUT2D eigenvalue weighted by Gasteiger charge is -2.03. The summed E-state index contributed by atoms with van der Waals surface area (Å²) in [5.41, 5.74) is -0.227. The van der Waals surface area contributed by atoms with Crippen molar-refractivity contribution in [3.63, 3.8) is 0 Å². The molecule has 0 fully saturated rings. The third kappa shape index (κ3) is 2.09. The molecule has 0 radical (unpaired) electrons. The van der Waals surface area contributed by atoms with Crippen molar-refractivity contribution in [2.75, 3.05) is 0 Å². The standard InChI is InChI=1S/C8H7F3OS/c1-4-3-6(5(2)13-4)7(12)8(9,10)11/h3H,1-2H3. The van der Waals surface area contributed by atoms with Crippen LogP contribution in [0.1, 0.15) is 20.1 Å². The Balaban J connectivity index is 3.09. The number of alkyl halides is 3. The summed E-state index contributed by atoms with van der Waals surface area (Å²) >= 11 is 1.19. The highest BCUT2D eigenvalue weighted by molar-refractivity contribution is 7.12. The van der Waals surface area contributed by atoms with Crippen molar-refractivity contribution in [3.05, 3.63) is 21.4 Å². The van der Waals surface area contributed by atoms with Gasteiger partial charge in [0.1, 0.15) is 0 Å². The SMILES string of the molecule is Cc1cc(C(=O)C(F)(F)F)c(C)s1. The summed E-state index contributed by atoms with van der Waals surface area (Å²) in [4.78, 5) is 11.9. The number of halogens is 3. The monoisotopic (exact) mass is 208 g/mol. The first-order valence-electron chi connectivity index (χ1n) is 3.51. The van der Waals surface area contributed by atoms with E-state index >= 15 is 0 Å². The molecule has 0 N–H and O–H groups in total. The third-order valence-corrected chi connectivity index (χ3v) is 2.51. The van der Waals surface area contributed by atoms with Crippen LogP contribution in [0.4, 0.5) is 13.2 Å². The highest BCUT2D eigenvalue weighted by Crippen LogP contribution is 2.28. The fraction of sp³-hybridized carbons (Fsp3) is 0.375. The molecule has 0 aliphatic heterocycles. The fourth-order valence-corrected chi connectivity index (χ4v) is 1.93. The van der Waals surface area contributed by atoms with Crippen LogP contribution in [0, 0.1) is 13.8 Å². The average Bonchev–Trinajstić information content (AvgIpc) is 2.26. The zero-order valence-electron chi connectivity index (χ0n) is 7.03. The van der Waals surface area contributed by atoms with Crippen LogP contribution in [-0.2, 0) is 0 Å². The van der Waals surface area contributed by atoms with E-state index in [1.54, 1.807) is 6.92 Å². The number of carbonyl (C=O) groups is 1. The predicted molar refractivity (Wildman–Crippen MR) is 44.2 cm³/mol. The van der Waals surface area contributed by atoms with Crippen LogP contribution in [0.2, 0.25) is 0 Å². The summed E-state index contributed by atoms with van der Waals surface area (Å²) in [6.07, 6.45) is -4.77. The van der Waals surface area contributed by atoms with Gasteiger partial charge in [0, 0.05) is 15.3 Å². The second-order valence-corrected chi connectivity index (χ2v) is 4.11. The molecule has 1 heterocycles. The molecule has 1 rings (SSSR count). The number of carbonyl (C=O) groups excluding carboxylic acids is 1. The van der Waals surface area contributed by atoms with E-state index in [2.05, 4.69) is 0 Å². The van der Waals surface area contributed by atoms with Crippen molar-refractivity contribution in [2.45, 2.75) is 20.0 Å². The topological polar surface area (TPSA) is 17.1 Å². The number of hydrogen-bond acceptors (Lipinski definition) is 2. The van der Waals surface area contributed by atoms with Gasteiger partial charge in [-0.3, -0.25) is 4.79 Å². The summed E-state index contributed by atoms with van der Waals surface area (Å²) in [5.74, 6) is -1.76. The molecule has 1 aromatic rings. The molecular formula is C8H7F3OS. The minimum absolute atomic E-state index is 0.227. The molecule has 0 bridgehead atoms. The van der Waals surface area contributed by atoms with E-state index in [0.29, 0.717) is 9.75 Å². The van der Waals surface area contributed by atoms with E-state index in [1.165, 1.54) is 24.3 Å². The molecule has 1 aromatic heterocycles. The van der Waals surface area contributed by atoms with Gasteiger partial charge < -0.3 is 0 Å². The lowest BCUT2D eigenvalue weighted by molar-refractivity contribution is -0.0885. The van der Waals surface area contributed by atoms with E-state index in [1.807, 2.05) is 0 Å². The molecule has 0 aromatic carbocycles. The van der Waals surface area contributed by atoms with Gasteiger partial charge in [-0.05, 0) is 19.9 Å². The summed E-state index contributed by atoms with van der Waals surface area (Å²) in [5, 5.41) is 0. The van der Waals surface area contributed by atoms with Crippen molar-refractivity contribution in [1.29, 1.82) is 0 Å². The minimum atomic E-state index is -4.77. The molecule has 0 aliphatic rings. The van der Waals surface area contributed by atoms with Crippen LogP contribution in [0.3, 0.4) is 0 Å². The molecule has 0 amide bonds. The number of aryl methyl sites for hydroxylation is 2. The Morgan fingerprint density at radius 2 is 1.92 bits per heavy atom. The number of ketones is 1. The summed E-state index contributed by atoms with van der Waals surface area (Å²) < 4.78 is 35.9. The van der Waals surface area contributed by atoms with Gasteiger partial charge in [0.05, 0.1) is 0 Å². The molecule has 13 heavy (non-hydrogen) atoms. The van der Waals surface area contributed by atoms with Crippen LogP contribution in [0.5, 0.6) is 0 Å². The summed E-state index contributed by atoms with van der Waals surface area (Å²) in [6.45, 7) is 3.18. The fourth-order valence-electron chi connectivity index (χ4n) is 1.01. The first-order valence-corrected chi connectivity index (χ1v) is 4.32. The molecule has 0 saturated carbocycles. The van der Waals surface area contributed by atoms with Crippen LogP contribution in [-0.4, -0.2) is 12.0 Å². The van der Waals surface area contributed by atoms with E-state index in [4.69, 9.17) is 0 Å². The van der Waals surface area contributed by atoms with E-state index in [-0.39, 0.29) is 5.56 Å². The Morgan fingerprint density at radius 1 is 1.38 bits per heavy atom. The lowest BCUT2D eigenvalue weighted by Crippen LogP contribution is -2.22. The summed E-state index contributed by atoms with van der Waals surface area (Å²) in [7, 11) is 0. The molecule has 5 heteroatoms. The Labute approximate surface area is 77.2 Å². The molecule has 0 unspecified atom stereocenters. The highest BCUT2D eigenvalue weighted by Gasteiger charge is 2.40. The van der Waals surface area contributed by atoms with Crippen molar-refractivity contribution in [2.24, 2.45) is 0 Å². The van der Waals surface area contributed by atoms with Gasteiger partial charge >= 0.3 is 6.18 Å². The second kappa shape index (κ2) is 3.14. The minimum Gasteiger partial charge on any atom is -0.284 e. The average molecular weight is 208 g/mol. The van der Waals surface area contributed by atoms with E-state index in [0.717, 1.165) is 0 Å². The number of Topliss-reactive ketones (excluding diaryl/α,β-unsaturated/α-hetero) is 1. The van der Waals surface area contributed by atoms with Crippen molar-refractivity contribution < 1.29 is 18.0 Å². The summed E-state index contributed by atoms with van der Waals surface area (Å²) in [6, 6.07) is 1.27. The van der Waals surface area contributed by atoms with Gasteiger partial charge in [-0.1, -0.05) is 0 Å². The third-order valence-electron chi connectivity index (χ3n) is 1.54. The Kier molecular flexibility index (Phi) is 2.47. The Hall–Kier alpha value is -0.840. The molecule has 1 nitrogen and oxygen atoms in total. The smallest absolute Gasteiger partial charge is 0.284 e. The van der Waals surface area contributed by atoms with Crippen molar-refractivity contribution >= 4 is 17.1 Å². The number of thiophene rings is 1. The lowest BCUT2D eigenvalue weighted by atomic mass is 10.1. The molecule has 0 saturated heterocycles. The Bertz CT molecular complexity index is 338. The van der Waals surface area contributed by atoms with Crippen molar-refractivity contribution in [3.8, 4) is 0 Å². The predicted octanol–water partition coefficient (Wildman–Crippen LogP) is 3.11. The van der Waals surface area contributed by atoms with Crippen LogP contribution in [0.25, 0.3) is 0 Å². The zero-order valence-corrected chi connectivity index (χ0v) is 7.84. The van der Waals surface area contributed by atoms with Gasteiger partial charge in [-0.2, -0.15) is 13.2 Å². The van der Waals surface area contributed by atoms with E-state index < -0.39 is 12.0 Å². The normalized spacial score (nSPS) is 11.8. The van der Waals surface area contributed by atoms with Crippen LogP contribution < -0.4 is 0 Å². The van der Waals surface area contributed by atoms with Crippen molar-refractivity contribution in [1.82, 2.24) is 0 Å². The maximum absolute atomic E-state index is 12.0. The van der Waals surface area contributed by atoms with E-state index in [9.17, 15) is 18.0 Å². The maximum atomic E-state index is 12.0. The van der Waals surface area contributed by atoms with Gasteiger partial charge in [0.2, 0.25) is 0 Å². The van der Waals surface area contributed by atoms with Crippen LogP contribution >= 0.6 is 11.3 Å². The first kappa shape index (κ1) is 10.2. The van der Waals surface area contributed by atoms with Gasteiger partial charge in [-0.25, -0.2) is 0 Å². The maximum Gasteiger partial charge on any atom is 0.454 e. The second-order valence-electron chi connectivity index (χ2n) is 2.65. The molecule has 0 atom stereocenters. The van der Waals surface area contributed by atoms with Gasteiger partial charge in [0.25, 0.3) is 5.78 Å². The molecule has 72 valence electrons.